The van der Waals surface area contributed by atoms with Gasteiger partial charge >= 0.3 is 12.1 Å². The monoisotopic (exact) mass is 305 g/mol. The highest BCUT2D eigenvalue weighted by atomic mass is 32.2. The molecule has 0 aromatic rings. The minimum absolute atomic E-state index is 0.422. The summed E-state index contributed by atoms with van der Waals surface area (Å²) in [4.78, 5) is 20.8. The van der Waals surface area contributed by atoms with Crippen LogP contribution in [0.5, 0.6) is 0 Å². The molecule has 0 saturated heterocycles. The molecule has 0 spiro atoms. The molecular formula is C14H27NO4S. The molecule has 0 heterocycles. The number of carbonyl (C=O) groups is 2. The number of allylic oxidation sites excluding steroid dienone is 1. The fourth-order valence-electron chi connectivity index (χ4n) is 0.849. The third kappa shape index (κ3) is 22.0. The Morgan fingerprint density at radius 2 is 1.95 bits per heavy atom. The lowest BCUT2D eigenvalue weighted by molar-refractivity contribution is -0.136. The summed E-state index contributed by atoms with van der Waals surface area (Å²) in [7, 11) is 0. The number of hydrogen-bond acceptors (Lipinski definition) is 4. The zero-order chi connectivity index (χ0) is 16.2. The summed E-state index contributed by atoms with van der Waals surface area (Å²) in [5.41, 5.74) is -0.595. The van der Waals surface area contributed by atoms with Crippen molar-refractivity contribution in [2.24, 2.45) is 0 Å². The third-order valence-electron chi connectivity index (χ3n) is 1.56. The van der Waals surface area contributed by atoms with Gasteiger partial charge in [0.1, 0.15) is 12.1 Å². The molecule has 0 rings (SSSR count). The van der Waals surface area contributed by atoms with E-state index in [9.17, 15) is 9.59 Å². The van der Waals surface area contributed by atoms with Crippen LogP contribution in [0.25, 0.3) is 0 Å². The number of aliphatic carboxylic acids is 1. The Kier molecular flexibility index (Phi) is 12.3. The standard InChI is InChI=1S/C7H13NO4.C7H14S/c1-7(2,3)12-6(11)8-4-5(9)10;1-4-5-6-8-7(2)3/h4H2,1-3H3,(H,8,11)(H,9,10);4,7H,1,5-6H2,2-3H3. The number of rotatable bonds is 6. The minimum Gasteiger partial charge on any atom is -0.480 e. The van der Waals surface area contributed by atoms with Gasteiger partial charge in [0.25, 0.3) is 0 Å². The molecule has 0 radical (unpaired) electrons. The van der Waals surface area contributed by atoms with Crippen LogP contribution in [-0.2, 0) is 9.53 Å². The summed E-state index contributed by atoms with van der Waals surface area (Å²) < 4.78 is 4.77. The van der Waals surface area contributed by atoms with Gasteiger partial charge in [0.15, 0.2) is 0 Å². The van der Waals surface area contributed by atoms with Gasteiger partial charge in [-0.1, -0.05) is 19.9 Å². The summed E-state index contributed by atoms with van der Waals surface area (Å²) >= 11 is 1.98. The average Bonchev–Trinajstić information content (AvgIpc) is 2.25. The second kappa shape index (κ2) is 11.6. The lowest BCUT2D eigenvalue weighted by atomic mass is 10.2. The number of ether oxygens (including phenoxy) is 1. The van der Waals surface area contributed by atoms with E-state index in [1.165, 1.54) is 5.75 Å². The first-order valence-corrected chi connectivity index (χ1v) is 7.54. The predicted octanol–water partition coefficient (Wildman–Crippen LogP) is 3.30. The number of carboxylic acids is 1. The van der Waals surface area contributed by atoms with Crippen LogP contribution >= 0.6 is 11.8 Å². The molecule has 0 atom stereocenters. The quantitative estimate of drug-likeness (QED) is 0.581. The van der Waals surface area contributed by atoms with Gasteiger partial charge in [0.2, 0.25) is 0 Å². The topological polar surface area (TPSA) is 75.6 Å². The molecule has 0 aromatic carbocycles. The molecule has 0 saturated carbocycles. The molecule has 5 nitrogen and oxygen atoms in total. The third-order valence-corrected chi connectivity index (χ3v) is 2.69. The first kappa shape index (κ1) is 21.1. The molecule has 0 aliphatic heterocycles. The van der Waals surface area contributed by atoms with Crippen LogP contribution in [0.1, 0.15) is 41.0 Å². The number of amides is 1. The van der Waals surface area contributed by atoms with Crippen LogP contribution in [0, 0.1) is 0 Å². The smallest absolute Gasteiger partial charge is 0.408 e. The maximum absolute atomic E-state index is 10.8. The second-order valence-corrected chi connectivity index (χ2v) is 6.93. The molecule has 1 amide bonds. The van der Waals surface area contributed by atoms with E-state index < -0.39 is 24.2 Å². The molecule has 0 aliphatic carbocycles. The largest absolute Gasteiger partial charge is 0.480 e. The summed E-state index contributed by atoms with van der Waals surface area (Å²) in [5, 5.41) is 11.0. The Bertz CT molecular complexity index is 298. The Hall–Kier alpha value is -1.17. The number of thioether (sulfide) groups is 1. The van der Waals surface area contributed by atoms with Crippen molar-refractivity contribution in [1.82, 2.24) is 5.32 Å². The van der Waals surface area contributed by atoms with Gasteiger partial charge in [0.05, 0.1) is 0 Å². The van der Waals surface area contributed by atoms with E-state index in [0.29, 0.717) is 0 Å². The summed E-state index contributed by atoms with van der Waals surface area (Å²) in [6, 6.07) is 0. The highest BCUT2D eigenvalue weighted by Gasteiger charge is 2.16. The van der Waals surface area contributed by atoms with Gasteiger partial charge in [-0.15, -0.1) is 6.58 Å². The lowest BCUT2D eigenvalue weighted by Crippen LogP contribution is -2.35. The van der Waals surface area contributed by atoms with Gasteiger partial charge in [0, 0.05) is 0 Å². The minimum atomic E-state index is -1.10. The van der Waals surface area contributed by atoms with E-state index in [1.807, 2.05) is 17.8 Å². The van der Waals surface area contributed by atoms with Crippen molar-refractivity contribution in [2.75, 3.05) is 12.3 Å². The molecule has 0 unspecified atom stereocenters. The van der Waals surface area contributed by atoms with Crippen LogP contribution in [-0.4, -0.2) is 40.3 Å². The molecule has 20 heavy (non-hydrogen) atoms. The first-order valence-electron chi connectivity index (χ1n) is 6.49. The van der Waals surface area contributed by atoms with E-state index >= 15 is 0 Å². The molecule has 0 aliphatic rings. The van der Waals surface area contributed by atoms with E-state index in [-0.39, 0.29) is 0 Å². The second-order valence-electron chi connectivity index (χ2n) is 5.25. The van der Waals surface area contributed by atoms with Gasteiger partial charge in [-0.25, -0.2) is 4.79 Å². The SMILES string of the molecule is C=CCCSC(C)C.CC(C)(C)OC(=O)NCC(=O)O. The van der Waals surface area contributed by atoms with Crippen LogP contribution in [0.2, 0.25) is 0 Å². The molecule has 0 aromatic heterocycles. The Labute approximate surface area is 126 Å². The maximum atomic E-state index is 10.8. The van der Waals surface area contributed by atoms with E-state index in [4.69, 9.17) is 9.84 Å². The molecule has 6 heteroatoms. The zero-order valence-electron chi connectivity index (χ0n) is 13.1. The fraction of sp³-hybridized carbons (Fsp3) is 0.714. The van der Waals surface area contributed by atoms with Crippen molar-refractivity contribution in [1.29, 1.82) is 0 Å². The summed E-state index contributed by atoms with van der Waals surface area (Å²) in [5.74, 6) is 0.127. The van der Waals surface area contributed by atoms with Crippen LogP contribution in [0.3, 0.4) is 0 Å². The van der Waals surface area contributed by atoms with Crippen molar-refractivity contribution in [3.05, 3.63) is 12.7 Å². The van der Waals surface area contributed by atoms with Crippen molar-refractivity contribution in [3.63, 3.8) is 0 Å². The highest BCUT2D eigenvalue weighted by Crippen LogP contribution is 2.09. The maximum Gasteiger partial charge on any atom is 0.408 e. The number of alkyl carbamates (subject to hydrolysis) is 1. The van der Waals surface area contributed by atoms with Crippen molar-refractivity contribution >= 4 is 23.8 Å². The van der Waals surface area contributed by atoms with Gasteiger partial charge in [-0.2, -0.15) is 11.8 Å². The predicted molar refractivity (Wildman–Crippen MR) is 84.3 cm³/mol. The zero-order valence-corrected chi connectivity index (χ0v) is 13.9. The lowest BCUT2D eigenvalue weighted by Gasteiger charge is -2.19. The average molecular weight is 305 g/mol. The Morgan fingerprint density at radius 3 is 2.30 bits per heavy atom. The highest BCUT2D eigenvalue weighted by molar-refractivity contribution is 7.99. The molecular weight excluding hydrogens is 278 g/mol. The first-order chi connectivity index (χ1) is 9.08. The van der Waals surface area contributed by atoms with Crippen molar-refractivity contribution in [3.8, 4) is 0 Å². The summed E-state index contributed by atoms with van der Waals surface area (Å²) in [6.45, 7) is 12.8. The van der Waals surface area contributed by atoms with Crippen LogP contribution < -0.4 is 5.32 Å². The molecule has 2 N–H and O–H groups in total. The molecule has 0 bridgehead atoms. The summed E-state index contributed by atoms with van der Waals surface area (Å²) in [6.07, 6.45) is 2.39. The van der Waals surface area contributed by atoms with Gasteiger partial charge in [-0.3, -0.25) is 4.79 Å². The molecule has 118 valence electrons. The van der Waals surface area contributed by atoms with Crippen molar-refractivity contribution < 1.29 is 19.4 Å². The van der Waals surface area contributed by atoms with E-state index in [1.54, 1.807) is 20.8 Å². The number of carbonyl (C=O) groups excluding carboxylic acids is 1. The number of nitrogens with one attached hydrogen (secondary N) is 1. The van der Waals surface area contributed by atoms with Crippen LogP contribution in [0.15, 0.2) is 12.7 Å². The number of hydrogen-bond donors (Lipinski definition) is 2. The Morgan fingerprint density at radius 1 is 1.40 bits per heavy atom. The fourth-order valence-corrected chi connectivity index (χ4v) is 1.62. The number of carboxylic acid groups (broad SMARTS) is 1. The molecule has 0 fully saturated rings. The normalized spacial score (nSPS) is 10.3. The van der Waals surface area contributed by atoms with E-state index in [0.717, 1.165) is 11.7 Å². The van der Waals surface area contributed by atoms with Gasteiger partial charge < -0.3 is 15.2 Å². The van der Waals surface area contributed by atoms with E-state index in [2.05, 4.69) is 25.7 Å². The Balaban J connectivity index is 0. The van der Waals surface area contributed by atoms with Crippen molar-refractivity contribution in [2.45, 2.75) is 51.9 Å². The van der Waals surface area contributed by atoms with Gasteiger partial charge in [-0.05, 0) is 38.2 Å². The van der Waals surface area contributed by atoms with Crippen LogP contribution in [0.4, 0.5) is 4.79 Å².